The monoisotopic (exact) mass is 224 g/mol. The van der Waals surface area contributed by atoms with Crippen molar-refractivity contribution in [2.24, 2.45) is 5.92 Å². The van der Waals surface area contributed by atoms with E-state index in [1.165, 1.54) is 0 Å². The van der Waals surface area contributed by atoms with Gasteiger partial charge in [-0.15, -0.1) is 0 Å². The first-order valence-electron chi connectivity index (χ1n) is 6.17. The Morgan fingerprint density at radius 3 is 2.81 bits per heavy atom. The molecule has 0 amide bonds. The molecule has 0 fully saturated rings. The number of hydrogen-bond acceptors (Lipinski definition) is 3. The lowest BCUT2D eigenvalue weighted by molar-refractivity contribution is 0.254. The van der Waals surface area contributed by atoms with Crippen LogP contribution in [0.3, 0.4) is 0 Å². The summed E-state index contributed by atoms with van der Waals surface area (Å²) in [5.41, 5.74) is 0. The predicted octanol–water partition coefficient (Wildman–Crippen LogP) is 2.35. The zero-order chi connectivity index (χ0) is 11.8. The summed E-state index contributed by atoms with van der Waals surface area (Å²) in [7, 11) is 0. The van der Waals surface area contributed by atoms with Gasteiger partial charge in [0.2, 0.25) is 0 Å². The van der Waals surface area contributed by atoms with Crippen LogP contribution < -0.4 is 5.32 Å². The molecule has 0 aliphatic carbocycles. The molecule has 0 spiro atoms. The van der Waals surface area contributed by atoms with Crippen molar-refractivity contribution in [3.05, 3.63) is 24.2 Å². The van der Waals surface area contributed by atoms with Crippen LogP contribution >= 0.6 is 0 Å². The van der Waals surface area contributed by atoms with Crippen LogP contribution in [0.25, 0.3) is 0 Å². The molecule has 0 atom stereocenters. The molecule has 0 unspecified atom stereocenters. The first kappa shape index (κ1) is 13.3. The van der Waals surface area contributed by atoms with Gasteiger partial charge in [0.25, 0.3) is 0 Å². The summed E-state index contributed by atoms with van der Waals surface area (Å²) in [5, 5.41) is 3.46. The minimum absolute atomic E-state index is 0.722. The summed E-state index contributed by atoms with van der Waals surface area (Å²) in [6.45, 7) is 11.8. The number of hydrogen-bond donors (Lipinski definition) is 1. The summed E-state index contributed by atoms with van der Waals surface area (Å²) in [4.78, 5) is 2.38. The van der Waals surface area contributed by atoms with Gasteiger partial charge < -0.3 is 9.73 Å². The molecular weight excluding hydrogens is 200 g/mol. The van der Waals surface area contributed by atoms with Crippen LogP contribution in [-0.2, 0) is 6.54 Å². The van der Waals surface area contributed by atoms with Gasteiger partial charge in [-0.3, -0.25) is 4.90 Å². The van der Waals surface area contributed by atoms with Gasteiger partial charge in [0, 0.05) is 13.1 Å². The minimum Gasteiger partial charge on any atom is -0.468 e. The van der Waals surface area contributed by atoms with Crippen LogP contribution in [0, 0.1) is 5.92 Å². The maximum Gasteiger partial charge on any atom is 0.117 e. The summed E-state index contributed by atoms with van der Waals surface area (Å²) in [6.07, 6.45) is 1.74. The average molecular weight is 224 g/mol. The van der Waals surface area contributed by atoms with Crippen molar-refractivity contribution in [3.63, 3.8) is 0 Å². The Kier molecular flexibility index (Phi) is 6.19. The van der Waals surface area contributed by atoms with Crippen molar-refractivity contribution in [2.75, 3.05) is 26.2 Å². The average Bonchev–Trinajstić information content (AvgIpc) is 2.75. The highest BCUT2D eigenvalue weighted by Crippen LogP contribution is 2.04. The van der Waals surface area contributed by atoms with E-state index in [0.717, 1.165) is 44.4 Å². The Hall–Kier alpha value is -0.800. The molecule has 92 valence electrons. The first-order chi connectivity index (χ1) is 7.72. The fourth-order valence-corrected chi connectivity index (χ4v) is 1.60. The minimum atomic E-state index is 0.722. The van der Waals surface area contributed by atoms with Gasteiger partial charge in [-0.05, 0) is 31.1 Å². The van der Waals surface area contributed by atoms with Gasteiger partial charge in [-0.25, -0.2) is 0 Å². The molecule has 3 heteroatoms. The highest BCUT2D eigenvalue weighted by molar-refractivity contribution is 4.97. The summed E-state index contributed by atoms with van der Waals surface area (Å²) in [6, 6.07) is 3.98. The fourth-order valence-electron chi connectivity index (χ4n) is 1.60. The van der Waals surface area contributed by atoms with Crippen LogP contribution in [0.5, 0.6) is 0 Å². The lowest BCUT2D eigenvalue weighted by Gasteiger charge is -2.19. The van der Waals surface area contributed by atoms with E-state index in [0.29, 0.717) is 0 Å². The van der Waals surface area contributed by atoms with Crippen LogP contribution in [0.2, 0.25) is 0 Å². The van der Waals surface area contributed by atoms with E-state index in [1.54, 1.807) is 6.26 Å². The molecule has 1 heterocycles. The first-order valence-corrected chi connectivity index (χ1v) is 6.17. The molecule has 16 heavy (non-hydrogen) atoms. The molecule has 0 radical (unpaired) electrons. The van der Waals surface area contributed by atoms with Gasteiger partial charge in [0.05, 0.1) is 12.8 Å². The lowest BCUT2D eigenvalue weighted by atomic mass is 10.2. The third-order valence-corrected chi connectivity index (χ3v) is 2.56. The molecule has 0 aliphatic heterocycles. The smallest absolute Gasteiger partial charge is 0.117 e. The largest absolute Gasteiger partial charge is 0.468 e. The molecule has 1 rings (SSSR count). The van der Waals surface area contributed by atoms with E-state index < -0.39 is 0 Å². The third kappa shape index (κ3) is 5.33. The molecular formula is C13H24N2O. The second-order valence-electron chi connectivity index (χ2n) is 4.55. The Bertz CT molecular complexity index is 257. The van der Waals surface area contributed by atoms with Crippen molar-refractivity contribution < 1.29 is 4.42 Å². The Balaban J connectivity index is 2.17. The van der Waals surface area contributed by atoms with Gasteiger partial charge >= 0.3 is 0 Å². The number of nitrogens with one attached hydrogen (secondary N) is 1. The highest BCUT2D eigenvalue weighted by Gasteiger charge is 2.05. The lowest BCUT2D eigenvalue weighted by Crippen LogP contribution is -2.33. The number of nitrogens with zero attached hydrogens (tertiary/aromatic N) is 1. The second-order valence-corrected chi connectivity index (χ2v) is 4.55. The van der Waals surface area contributed by atoms with E-state index in [9.17, 15) is 0 Å². The molecule has 0 saturated heterocycles. The van der Waals surface area contributed by atoms with Gasteiger partial charge in [-0.2, -0.15) is 0 Å². The standard InChI is InChI=1S/C13H24N2O/c1-4-15(8-7-14-10-12(2)3)11-13-6-5-9-16-13/h5-6,9,12,14H,4,7-8,10-11H2,1-3H3. The van der Waals surface area contributed by atoms with E-state index >= 15 is 0 Å². The number of rotatable bonds is 8. The highest BCUT2D eigenvalue weighted by atomic mass is 16.3. The van der Waals surface area contributed by atoms with E-state index in [1.807, 2.05) is 12.1 Å². The topological polar surface area (TPSA) is 28.4 Å². The van der Waals surface area contributed by atoms with Crippen molar-refractivity contribution in [3.8, 4) is 0 Å². The molecule has 1 aromatic rings. The van der Waals surface area contributed by atoms with E-state index in [4.69, 9.17) is 4.42 Å². The van der Waals surface area contributed by atoms with Gasteiger partial charge in [0.15, 0.2) is 0 Å². The quantitative estimate of drug-likeness (QED) is 0.687. The Morgan fingerprint density at radius 2 is 2.25 bits per heavy atom. The Labute approximate surface area is 98.8 Å². The van der Waals surface area contributed by atoms with Crippen molar-refractivity contribution in [1.29, 1.82) is 0 Å². The van der Waals surface area contributed by atoms with Crippen LogP contribution in [0.15, 0.2) is 22.8 Å². The molecule has 0 aromatic carbocycles. The molecule has 0 saturated carbocycles. The maximum atomic E-state index is 5.35. The van der Waals surface area contributed by atoms with E-state index in [-0.39, 0.29) is 0 Å². The van der Waals surface area contributed by atoms with Crippen molar-refractivity contribution >= 4 is 0 Å². The number of furan rings is 1. The fraction of sp³-hybridized carbons (Fsp3) is 0.692. The van der Waals surface area contributed by atoms with Crippen molar-refractivity contribution in [1.82, 2.24) is 10.2 Å². The second kappa shape index (κ2) is 7.47. The van der Waals surface area contributed by atoms with Gasteiger partial charge in [-0.1, -0.05) is 20.8 Å². The molecule has 0 aliphatic rings. The SMILES string of the molecule is CCN(CCNCC(C)C)Cc1ccco1. The molecule has 1 aromatic heterocycles. The summed E-state index contributed by atoms with van der Waals surface area (Å²) in [5.74, 6) is 1.77. The van der Waals surface area contributed by atoms with Crippen molar-refractivity contribution in [2.45, 2.75) is 27.3 Å². The Morgan fingerprint density at radius 1 is 1.44 bits per heavy atom. The maximum absolute atomic E-state index is 5.35. The molecule has 0 bridgehead atoms. The zero-order valence-electron chi connectivity index (χ0n) is 10.7. The normalized spacial score (nSPS) is 11.6. The van der Waals surface area contributed by atoms with Crippen LogP contribution in [0.1, 0.15) is 26.5 Å². The third-order valence-electron chi connectivity index (χ3n) is 2.56. The number of likely N-dealkylation sites (N-methyl/N-ethyl adjacent to an activating group) is 1. The molecule has 3 nitrogen and oxygen atoms in total. The van der Waals surface area contributed by atoms with Crippen LogP contribution in [-0.4, -0.2) is 31.1 Å². The van der Waals surface area contributed by atoms with E-state index in [2.05, 4.69) is 31.0 Å². The summed E-state index contributed by atoms with van der Waals surface area (Å²) < 4.78 is 5.35. The molecule has 1 N–H and O–H groups in total. The zero-order valence-corrected chi connectivity index (χ0v) is 10.7. The van der Waals surface area contributed by atoms with Gasteiger partial charge in [0.1, 0.15) is 5.76 Å². The van der Waals surface area contributed by atoms with Crippen LogP contribution in [0.4, 0.5) is 0 Å². The predicted molar refractivity (Wildman–Crippen MR) is 67.4 cm³/mol. The summed E-state index contributed by atoms with van der Waals surface area (Å²) >= 11 is 0.